The molecule has 1 aliphatic carbocycles. The van der Waals surface area contributed by atoms with Crippen molar-refractivity contribution in [1.82, 2.24) is 34.9 Å². The Morgan fingerprint density at radius 3 is 2.79 bits per heavy atom. The molecular formula is C23H29FN8O. The maximum Gasteiger partial charge on any atom is 0.317 e. The van der Waals surface area contributed by atoms with Crippen LogP contribution in [0.15, 0.2) is 24.5 Å². The van der Waals surface area contributed by atoms with Gasteiger partial charge < -0.3 is 15.5 Å². The van der Waals surface area contributed by atoms with Crippen LogP contribution in [-0.2, 0) is 7.05 Å². The van der Waals surface area contributed by atoms with E-state index in [2.05, 4.69) is 30.7 Å². The summed E-state index contributed by atoms with van der Waals surface area (Å²) in [5.41, 5.74) is 1.29. The van der Waals surface area contributed by atoms with Crippen LogP contribution in [-0.4, -0.2) is 60.8 Å². The lowest BCUT2D eigenvalue weighted by molar-refractivity contribution is 0.178. The second-order valence-corrected chi connectivity index (χ2v) is 8.94. The molecule has 0 aromatic carbocycles. The Balaban J connectivity index is 1.29. The van der Waals surface area contributed by atoms with Gasteiger partial charge in [0.05, 0.1) is 11.6 Å². The molecule has 2 amide bonds. The van der Waals surface area contributed by atoms with Crippen LogP contribution in [0, 0.1) is 5.82 Å². The summed E-state index contributed by atoms with van der Waals surface area (Å²) in [5, 5.41) is 11.7. The zero-order valence-electron chi connectivity index (χ0n) is 18.8. The highest BCUT2D eigenvalue weighted by molar-refractivity contribution is 5.89. The molecule has 4 heterocycles. The zero-order chi connectivity index (χ0) is 22.8. The van der Waals surface area contributed by atoms with Crippen LogP contribution < -0.4 is 10.6 Å². The molecule has 5 rings (SSSR count). The molecule has 1 aliphatic heterocycles. The van der Waals surface area contributed by atoms with E-state index in [9.17, 15) is 9.18 Å². The van der Waals surface area contributed by atoms with Gasteiger partial charge in [-0.2, -0.15) is 5.10 Å². The van der Waals surface area contributed by atoms with Crippen molar-refractivity contribution in [2.45, 2.75) is 57.0 Å². The van der Waals surface area contributed by atoms with E-state index in [1.807, 2.05) is 24.1 Å². The Morgan fingerprint density at radius 1 is 1.12 bits per heavy atom. The first kappa shape index (κ1) is 21.5. The van der Waals surface area contributed by atoms with E-state index >= 15 is 0 Å². The van der Waals surface area contributed by atoms with Gasteiger partial charge >= 0.3 is 6.03 Å². The molecule has 3 aromatic heterocycles. The fourth-order valence-corrected chi connectivity index (χ4v) is 4.85. The number of amides is 2. The third-order valence-corrected chi connectivity index (χ3v) is 6.54. The maximum atomic E-state index is 14.6. The minimum absolute atomic E-state index is 0.0183. The molecule has 33 heavy (non-hydrogen) atoms. The summed E-state index contributed by atoms with van der Waals surface area (Å²) >= 11 is 0. The molecule has 0 bridgehead atoms. The molecule has 1 saturated carbocycles. The smallest absolute Gasteiger partial charge is 0.317 e. The van der Waals surface area contributed by atoms with Crippen molar-refractivity contribution in [1.29, 1.82) is 0 Å². The Labute approximate surface area is 191 Å². The van der Waals surface area contributed by atoms with Crippen molar-refractivity contribution >= 4 is 22.9 Å². The Bertz CT molecular complexity index is 1140. The summed E-state index contributed by atoms with van der Waals surface area (Å²) in [5.74, 6) is 0.00977. The van der Waals surface area contributed by atoms with E-state index in [4.69, 9.17) is 0 Å². The van der Waals surface area contributed by atoms with Crippen LogP contribution in [0.2, 0.25) is 0 Å². The van der Waals surface area contributed by atoms with E-state index in [1.165, 1.54) is 12.6 Å². The molecule has 2 atom stereocenters. The normalized spacial score (nSPS) is 21.2. The van der Waals surface area contributed by atoms with Gasteiger partial charge in [0, 0.05) is 38.4 Å². The number of fused-ring (bicyclic) bond motifs is 1. The lowest BCUT2D eigenvalue weighted by Gasteiger charge is -2.33. The number of nitrogens with one attached hydrogen (secondary N) is 2. The predicted molar refractivity (Wildman–Crippen MR) is 123 cm³/mol. The molecule has 2 N–H and O–H groups in total. The highest BCUT2D eigenvalue weighted by atomic mass is 19.1. The Morgan fingerprint density at radius 2 is 1.94 bits per heavy atom. The summed E-state index contributed by atoms with van der Waals surface area (Å²) < 4.78 is 16.3. The first-order valence-electron chi connectivity index (χ1n) is 11.7. The van der Waals surface area contributed by atoms with Gasteiger partial charge in [-0.3, -0.25) is 0 Å². The number of carbonyl (C=O) groups excluding carboxylic acids is 1. The average Bonchev–Trinajstić information content (AvgIpc) is 3.18. The highest BCUT2D eigenvalue weighted by Crippen LogP contribution is 2.27. The number of urea groups is 1. The van der Waals surface area contributed by atoms with Crippen LogP contribution in [0.1, 0.15) is 44.9 Å². The number of halogens is 1. The second-order valence-electron chi connectivity index (χ2n) is 8.94. The number of piperidine rings is 1. The Kier molecular flexibility index (Phi) is 6.06. The largest absolute Gasteiger partial charge is 0.365 e. The number of nitrogens with zero attached hydrogens (tertiary/aromatic N) is 6. The maximum absolute atomic E-state index is 14.6. The van der Waals surface area contributed by atoms with E-state index in [0.29, 0.717) is 11.5 Å². The van der Waals surface area contributed by atoms with Gasteiger partial charge in [-0.25, -0.2) is 28.8 Å². The fraction of sp³-hybridized carbons (Fsp3) is 0.522. The zero-order valence-corrected chi connectivity index (χ0v) is 18.8. The van der Waals surface area contributed by atoms with Crippen molar-refractivity contribution in [3.8, 4) is 11.5 Å². The van der Waals surface area contributed by atoms with Crippen LogP contribution in [0.4, 0.5) is 15.0 Å². The van der Waals surface area contributed by atoms with Crippen molar-refractivity contribution in [3.63, 3.8) is 0 Å². The molecular weight excluding hydrogens is 423 g/mol. The molecule has 3 aromatic rings. The number of rotatable bonds is 4. The third-order valence-electron chi connectivity index (χ3n) is 6.54. The van der Waals surface area contributed by atoms with Gasteiger partial charge in [0.1, 0.15) is 5.69 Å². The number of likely N-dealkylation sites (tertiary alicyclic amines) is 1. The minimum atomic E-state index is -0.503. The quantitative estimate of drug-likeness (QED) is 0.629. The van der Waals surface area contributed by atoms with Crippen molar-refractivity contribution in [2.75, 3.05) is 18.4 Å². The van der Waals surface area contributed by atoms with Crippen molar-refractivity contribution < 1.29 is 9.18 Å². The molecule has 1 saturated heterocycles. The lowest BCUT2D eigenvalue weighted by atomic mass is 9.91. The fourth-order valence-electron chi connectivity index (χ4n) is 4.85. The summed E-state index contributed by atoms with van der Waals surface area (Å²) in [6.45, 7) is 1.65. The van der Waals surface area contributed by atoms with Gasteiger partial charge in [-0.1, -0.05) is 0 Å². The van der Waals surface area contributed by atoms with E-state index in [-0.39, 0.29) is 23.9 Å². The van der Waals surface area contributed by atoms with Crippen LogP contribution >= 0.6 is 0 Å². The molecule has 174 valence electrons. The van der Waals surface area contributed by atoms with Gasteiger partial charge in [0.15, 0.2) is 23.1 Å². The first-order chi connectivity index (χ1) is 16.1. The summed E-state index contributed by atoms with van der Waals surface area (Å²) in [6, 6.07) is 3.84. The van der Waals surface area contributed by atoms with Crippen molar-refractivity contribution in [3.05, 3.63) is 30.3 Å². The summed E-state index contributed by atoms with van der Waals surface area (Å²) in [6.07, 6.45) is 9.73. The molecule has 2 aliphatic rings. The molecule has 0 unspecified atom stereocenters. The van der Waals surface area contributed by atoms with Gasteiger partial charge in [-0.15, -0.1) is 0 Å². The summed E-state index contributed by atoms with van der Waals surface area (Å²) in [4.78, 5) is 27.5. The van der Waals surface area contributed by atoms with Crippen LogP contribution in [0.25, 0.3) is 22.6 Å². The SMILES string of the molecule is Cn1nc(-c2ncc(F)c(N[C@H]3CCC[C@@H](NC(=O)N4CCCCC4)C3)n2)c2cccnc21. The monoisotopic (exact) mass is 452 g/mol. The van der Waals surface area contributed by atoms with Crippen molar-refractivity contribution in [2.24, 2.45) is 7.05 Å². The van der Waals surface area contributed by atoms with E-state index < -0.39 is 5.82 Å². The average molecular weight is 453 g/mol. The number of hydrogen-bond donors (Lipinski definition) is 2. The van der Waals surface area contributed by atoms with E-state index in [1.54, 1.807) is 10.9 Å². The molecule has 0 spiro atoms. The summed E-state index contributed by atoms with van der Waals surface area (Å²) in [7, 11) is 1.81. The first-order valence-corrected chi connectivity index (χ1v) is 11.7. The number of carbonyl (C=O) groups is 1. The number of pyridine rings is 1. The standard InChI is InChI=1S/C23H29FN8O/c1-31-22-17(9-6-10-25-22)19(30-31)21-26-14-18(24)20(29-21)27-15-7-5-8-16(13-15)28-23(33)32-11-3-2-4-12-32/h6,9-10,14-16H,2-5,7-8,11-13H2,1H3,(H,28,33)(H,26,27,29)/t15-,16+/m0/s1. The molecule has 0 radical (unpaired) electrons. The third kappa shape index (κ3) is 4.60. The Hall–Kier alpha value is -3.30. The van der Waals surface area contributed by atoms with Crippen LogP contribution in [0.3, 0.4) is 0 Å². The lowest BCUT2D eigenvalue weighted by Crippen LogP contribution is -2.49. The topological polar surface area (TPSA) is 101 Å². The van der Waals surface area contributed by atoms with Gasteiger partial charge in [0.2, 0.25) is 0 Å². The number of hydrogen-bond acceptors (Lipinski definition) is 6. The minimum Gasteiger partial charge on any atom is -0.365 e. The molecule has 2 fully saturated rings. The predicted octanol–water partition coefficient (Wildman–Crippen LogP) is 3.48. The molecule has 10 heteroatoms. The number of aromatic nitrogens is 5. The van der Waals surface area contributed by atoms with Crippen LogP contribution in [0.5, 0.6) is 0 Å². The van der Waals surface area contributed by atoms with E-state index in [0.717, 1.165) is 62.6 Å². The highest BCUT2D eigenvalue weighted by Gasteiger charge is 2.27. The number of anilines is 1. The van der Waals surface area contributed by atoms with Gasteiger partial charge in [0.25, 0.3) is 0 Å². The number of aryl methyl sites for hydroxylation is 1. The van der Waals surface area contributed by atoms with Gasteiger partial charge in [-0.05, 0) is 57.1 Å². The molecule has 9 nitrogen and oxygen atoms in total. The second kappa shape index (κ2) is 9.29.